The average Bonchev–Trinajstić information content (AvgIpc) is 3.08. The Morgan fingerprint density at radius 3 is 2.72 bits per heavy atom. The van der Waals surface area contributed by atoms with E-state index in [2.05, 4.69) is 5.32 Å². The maximum absolute atomic E-state index is 10.6. The number of nitro benzene ring substituents is 1. The Morgan fingerprint density at radius 2 is 1.96 bits per heavy atom. The molecule has 0 spiro atoms. The van der Waals surface area contributed by atoms with Crippen LogP contribution in [-0.4, -0.2) is 36.1 Å². The number of rotatable bonds is 8. The molecule has 8 heteroatoms. The molecule has 0 saturated carbocycles. The molecule has 8 nitrogen and oxygen atoms in total. The van der Waals surface area contributed by atoms with Gasteiger partial charge in [-0.25, -0.2) is 0 Å². The summed E-state index contributed by atoms with van der Waals surface area (Å²) in [5, 5.41) is 23.7. The average molecular weight is 346 g/mol. The molecule has 1 atom stereocenters. The lowest BCUT2D eigenvalue weighted by Gasteiger charge is -2.13. The van der Waals surface area contributed by atoms with Crippen molar-refractivity contribution in [2.24, 2.45) is 0 Å². The molecule has 0 aromatic heterocycles. The summed E-state index contributed by atoms with van der Waals surface area (Å²) in [7, 11) is 0. The third kappa shape index (κ3) is 4.59. The van der Waals surface area contributed by atoms with Crippen LogP contribution in [0, 0.1) is 10.1 Å². The van der Waals surface area contributed by atoms with Gasteiger partial charge in [0, 0.05) is 25.2 Å². The molecular formula is C17H18N2O6. The maximum atomic E-state index is 10.6. The van der Waals surface area contributed by atoms with Crippen LogP contribution in [0.5, 0.6) is 17.2 Å². The molecule has 1 aliphatic heterocycles. The number of hydrogen-bond donors (Lipinski definition) is 2. The smallest absolute Gasteiger partial charge is 0.269 e. The highest BCUT2D eigenvalue weighted by molar-refractivity contribution is 5.44. The minimum atomic E-state index is -0.704. The summed E-state index contributed by atoms with van der Waals surface area (Å²) in [5.74, 6) is 1.93. The van der Waals surface area contributed by atoms with Crippen molar-refractivity contribution in [3.8, 4) is 17.2 Å². The van der Waals surface area contributed by atoms with Crippen molar-refractivity contribution in [2.45, 2.75) is 12.6 Å². The first-order chi connectivity index (χ1) is 12.1. The van der Waals surface area contributed by atoms with Crippen LogP contribution in [0.25, 0.3) is 0 Å². The Bertz CT molecular complexity index is 734. The number of nitrogens with zero attached hydrogens (tertiary/aromatic N) is 1. The molecule has 25 heavy (non-hydrogen) atoms. The second kappa shape index (κ2) is 7.82. The van der Waals surface area contributed by atoms with Gasteiger partial charge in [0.2, 0.25) is 6.79 Å². The van der Waals surface area contributed by atoms with Crippen LogP contribution in [0.4, 0.5) is 5.69 Å². The zero-order valence-corrected chi connectivity index (χ0v) is 13.4. The predicted octanol–water partition coefficient (Wildman–Crippen LogP) is 1.85. The molecule has 0 aliphatic carbocycles. The van der Waals surface area contributed by atoms with Gasteiger partial charge < -0.3 is 24.6 Å². The van der Waals surface area contributed by atoms with Crippen molar-refractivity contribution in [3.63, 3.8) is 0 Å². The van der Waals surface area contributed by atoms with Gasteiger partial charge in [-0.15, -0.1) is 0 Å². The first kappa shape index (κ1) is 17.0. The fourth-order valence-electron chi connectivity index (χ4n) is 2.35. The first-order valence-electron chi connectivity index (χ1n) is 7.76. The number of aliphatic hydroxyl groups excluding tert-OH is 1. The summed E-state index contributed by atoms with van der Waals surface area (Å²) in [4.78, 5) is 10.1. The van der Waals surface area contributed by atoms with Crippen molar-refractivity contribution in [2.75, 3.05) is 19.9 Å². The van der Waals surface area contributed by atoms with Crippen molar-refractivity contribution >= 4 is 5.69 Å². The summed E-state index contributed by atoms with van der Waals surface area (Å²) >= 11 is 0. The van der Waals surface area contributed by atoms with E-state index in [1.54, 1.807) is 0 Å². The van der Waals surface area contributed by atoms with Crippen molar-refractivity contribution in [1.82, 2.24) is 5.32 Å². The number of nitrogens with one attached hydrogen (secondary N) is 1. The summed E-state index contributed by atoms with van der Waals surface area (Å²) in [6, 6.07) is 11.4. The topological polar surface area (TPSA) is 103 Å². The molecule has 1 aliphatic rings. The number of non-ortho nitro benzene ring substituents is 1. The molecule has 3 rings (SSSR count). The van der Waals surface area contributed by atoms with Crippen LogP contribution in [0.3, 0.4) is 0 Å². The van der Waals surface area contributed by atoms with E-state index < -0.39 is 11.0 Å². The highest BCUT2D eigenvalue weighted by Crippen LogP contribution is 2.32. The van der Waals surface area contributed by atoms with Crippen LogP contribution in [0.1, 0.15) is 5.56 Å². The molecule has 2 N–H and O–H groups in total. The lowest BCUT2D eigenvalue weighted by Crippen LogP contribution is -2.31. The van der Waals surface area contributed by atoms with Gasteiger partial charge in [0.1, 0.15) is 18.5 Å². The fourth-order valence-corrected chi connectivity index (χ4v) is 2.35. The Morgan fingerprint density at radius 1 is 1.20 bits per heavy atom. The Balaban J connectivity index is 1.39. The van der Waals surface area contributed by atoms with Gasteiger partial charge in [0.05, 0.1) is 4.92 Å². The van der Waals surface area contributed by atoms with Crippen LogP contribution in [-0.2, 0) is 6.54 Å². The number of hydrogen-bond acceptors (Lipinski definition) is 7. The third-order valence-electron chi connectivity index (χ3n) is 3.64. The van der Waals surface area contributed by atoms with E-state index in [0.29, 0.717) is 18.8 Å². The molecule has 0 amide bonds. The van der Waals surface area contributed by atoms with Crippen molar-refractivity contribution in [1.29, 1.82) is 0 Å². The number of nitro groups is 1. The van der Waals surface area contributed by atoms with E-state index in [1.807, 2.05) is 18.2 Å². The van der Waals surface area contributed by atoms with Crippen LogP contribution >= 0.6 is 0 Å². The van der Waals surface area contributed by atoms with Crippen LogP contribution < -0.4 is 19.5 Å². The molecule has 0 fully saturated rings. The van der Waals surface area contributed by atoms with E-state index in [-0.39, 0.29) is 19.1 Å². The number of aliphatic hydroxyl groups is 1. The first-order valence-corrected chi connectivity index (χ1v) is 7.76. The number of ether oxygens (including phenoxy) is 3. The SMILES string of the molecule is O=[N+]([O-])c1ccc(OC[C@H](O)CNCc2ccc3c(c2)OCO3)cc1. The highest BCUT2D eigenvalue weighted by Gasteiger charge is 2.13. The van der Waals surface area contributed by atoms with Crippen LogP contribution in [0.15, 0.2) is 42.5 Å². The maximum Gasteiger partial charge on any atom is 0.269 e. The lowest BCUT2D eigenvalue weighted by molar-refractivity contribution is -0.384. The second-order valence-corrected chi connectivity index (χ2v) is 5.53. The van der Waals surface area contributed by atoms with Crippen LogP contribution in [0.2, 0.25) is 0 Å². The molecule has 0 bridgehead atoms. The van der Waals surface area contributed by atoms with Gasteiger partial charge in [0.15, 0.2) is 11.5 Å². The van der Waals surface area contributed by atoms with E-state index in [0.717, 1.165) is 17.1 Å². The molecule has 132 valence electrons. The fraction of sp³-hybridized carbons (Fsp3) is 0.294. The summed E-state index contributed by atoms with van der Waals surface area (Å²) in [5.41, 5.74) is 1.02. The minimum absolute atomic E-state index is 0.00158. The second-order valence-electron chi connectivity index (χ2n) is 5.53. The van der Waals surface area contributed by atoms with E-state index in [1.165, 1.54) is 24.3 Å². The minimum Gasteiger partial charge on any atom is -0.491 e. The normalized spacial score (nSPS) is 13.5. The van der Waals surface area contributed by atoms with Gasteiger partial charge in [-0.05, 0) is 29.8 Å². The van der Waals surface area contributed by atoms with Crippen molar-refractivity contribution < 1.29 is 24.2 Å². The van der Waals surface area contributed by atoms with E-state index >= 15 is 0 Å². The zero-order chi connectivity index (χ0) is 17.6. The van der Waals surface area contributed by atoms with Crippen molar-refractivity contribution in [3.05, 3.63) is 58.1 Å². The summed E-state index contributed by atoms with van der Waals surface area (Å²) in [6.45, 7) is 1.25. The van der Waals surface area contributed by atoms with Gasteiger partial charge in [-0.1, -0.05) is 6.07 Å². The monoisotopic (exact) mass is 346 g/mol. The number of benzene rings is 2. The van der Waals surface area contributed by atoms with Gasteiger partial charge >= 0.3 is 0 Å². The molecule has 1 heterocycles. The van der Waals surface area contributed by atoms with Gasteiger partial charge in [0.25, 0.3) is 5.69 Å². The summed E-state index contributed by atoms with van der Waals surface area (Å²) < 4.78 is 16.0. The third-order valence-corrected chi connectivity index (χ3v) is 3.64. The molecule has 2 aromatic rings. The quantitative estimate of drug-likeness (QED) is 0.555. The van der Waals surface area contributed by atoms with E-state index in [9.17, 15) is 15.2 Å². The Hall–Kier alpha value is -2.84. The van der Waals surface area contributed by atoms with E-state index in [4.69, 9.17) is 14.2 Å². The van der Waals surface area contributed by atoms with Gasteiger partial charge in [-0.3, -0.25) is 10.1 Å². The molecule has 0 unspecified atom stereocenters. The zero-order valence-electron chi connectivity index (χ0n) is 13.4. The Labute approximate surface area is 144 Å². The largest absolute Gasteiger partial charge is 0.491 e. The predicted molar refractivity (Wildman–Crippen MR) is 88.9 cm³/mol. The number of fused-ring (bicyclic) bond motifs is 1. The lowest BCUT2D eigenvalue weighted by atomic mass is 10.2. The highest BCUT2D eigenvalue weighted by atomic mass is 16.7. The standard InChI is InChI=1S/C17H18N2O6/c20-14(10-23-15-4-2-13(3-5-15)19(21)22)9-18-8-12-1-6-16-17(7-12)25-11-24-16/h1-7,14,18,20H,8-11H2/t14-/m1/s1. The Kier molecular flexibility index (Phi) is 5.32. The molecule has 2 aromatic carbocycles. The molecular weight excluding hydrogens is 328 g/mol. The van der Waals surface area contributed by atoms with Gasteiger partial charge in [-0.2, -0.15) is 0 Å². The summed E-state index contributed by atoms with van der Waals surface area (Å²) in [6.07, 6.45) is -0.704. The molecule has 0 radical (unpaired) electrons. The molecule has 0 saturated heterocycles.